The number of benzene rings is 1. The summed E-state index contributed by atoms with van der Waals surface area (Å²) in [4.78, 5) is 13.8. The van der Waals surface area contributed by atoms with Crippen LogP contribution in [0.3, 0.4) is 0 Å². The molecule has 1 saturated carbocycles. The number of nitrogens with two attached hydrogens (primary N) is 1. The van der Waals surface area contributed by atoms with Gasteiger partial charge < -0.3 is 10.6 Å². The van der Waals surface area contributed by atoms with Crippen LogP contribution < -0.4 is 5.73 Å². The summed E-state index contributed by atoms with van der Waals surface area (Å²) in [6.07, 6.45) is 2.69. The zero-order chi connectivity index (χ0) is 12.5. The van der Waals surface area contributed by atoms with Crippen LogP contribution in [0.2, 0.25) is 0 Å². The summed E-state index contributed by atoms with van der Waals surface area (Å²) < 4.78 is 1.03. The summed E-state index contributed by atoms with van der Waals surface area (Å²) in [5.41, 5.74) is 6.54. The Kier molecular flexibility index (Phi) is 5.20. The molecule has 100 valence electrons. The van der Waals surface area contributed by atoms with Crippen LogP contribution in [0.5, 0.6) is 0 Å². The SMILES string of the molecule is CN(Cc1cccc(Br)c1)C(=O)C1(N)CCC1.Cl. The Balaban J connectivity index is 0.00000162. The second-order valence-electron chi connectivity index (χ2n) is 4.80. The number of likely N-dealkylation sites (N-methyl/N-ethyl adjacent to an activating group) is 1. The van der Waals surface area contributed by atoms with Crippen molar-refractivity contribution in [1.82, 2.24) is 4.90 Å². The summed E-state index contributed by atoms with van der Waals surface area (Å²) in [7, 11) is 1.82. The monoisotopic (exact) mass is 332 g/mol. The van der Waals surface area contributed by atoms with Crippen molar-refractivity contribution < 1.29 is 4.79 Å². The molecule has 18 heavy (non-hydrogen) atoms. The van der Waals surface area contributed by atoms with E-state index in [0.717, 1.165) is 29.3 Å². The first-order valence-electron chi connectivity index (χ1n) is 5.80. The zero-order valence-corrected chi connectivity index (χ0v) is 12.8. The molecule has 0 bridgehead atoms. The predicted octanol–water partition coefficient (Wildman–Crippen LogP) is 2.71. The van der Waals surface area contributed by atoms with Crippen molar-refractivity contribution in [2.45, 2.75) is 31.3 Å². The Morgan fingerprint density at radius 2 is 2.17 bits per heavy atom. The van der Waals surface area contributed by atoms with Crippen molar-refractivity contribution in [3.63, 3.8) is 0 Å². The lowest BCUT2D eigenvalue weighted by Gasteiger charge is -2.39. The van der Waals surface area contributed by atoms with Gasteiger partial charge in [0.1, 0.15) is 0 Å². The summed E-state index contributed by atoms with van der Waals surface area (Å²) in [6, 6.07) is 7.98. The van der Waals surface area contributed by atoms with E-state index in [2.05, 4.69) is 15.9 Å². The molecule has 0 aromatic heterocycles. The van der Waals surface area contributed by atoms with E-state index in [4.69, 9.17) is 5.73 Å². The first-order valence-corrected chi connectivity index (χ1v) is 6.59. The Hall–Kier alpha value is -0.580. The van der Waals surface area contributed by atoms with Crippen molar-refractivity contribution in [3.05, 3.63) is 34.3 Å². The fourth-order valence-electron chi connectivity index (χ4n) is 2.13. The molecule has 0 heterocycles. The average molecular weight is 334 g/mol. The Bertz CT molecular complexity index is 435. The summed E-state index contributed by atoms with van der Waals surface area (Å²) in [6.45, 7) is 0.608. The van der Waals surface area contributed by atoms with Gasteiger partial charge in [0.25, 0.3) is 0 Å². The Morgan fingerprint density at radius 1 is 1.50 bits per heavy atom. The number of amides is 1. The Labute approximate surface area is 122 Å². The quantitative estimate of drug-likeness (QED) is 0.924. The molecule has 2 N–H and O–H groups in total. The number of halogens is 2. The molecule has 2 rings (SSSR count). The van der Waals surface area contributed by atoms with Crippen LogP contribution in [0, 0.1) is 0 Å². The van der Waals surface area contributed by atoms with E-state index >= 15 is 0 Å². The molecule has 0 atom stereocenters. The van der Waals surface area contributed by atoms with E-state index in [1.165, 1.54) is 0 Å². The van der Waals surface area contributed by atoms with E-state index in [1.54, 1.807) is 4.90 Å². The molecule has 1 amide bonds. The normalized spacial score (nSPS) is 16.4. The second kappa shape index (κ2) is 6.04. The lowest BCUT2D eigenvalue weighted by atomic mass is 9.76. The third-order valence-corrected chi connectivity index (χ3v) is 3.82. The molecule has 1 aromatic rings. The minimum atomic E-state index is -0.596. The number of rotatable bonds is 3. The molecule has 0 unspecified atom stereocenters. The fraction of sp³-hybridized carbons (Fsp3) is 0.462. The van der Waals surface area contributed by atoms with Gasteiger partial charge in [-0.25, -0.2) is 0 Å². The molecule has 5 heteroatoms. The highest BCUT2D eigenvalue weighted by molar-refractivity contribution is 9.10. The third kappa shape index (κ3) is 3.25. The van der Waals surface area contributed by atoms with Crippen molar-refractivity contribution in [3.8, 4) is 0 Å². The number of hydrogen-bond donors (Lipinski definition) is 1. The molecule has 0 spiro atoms. The molecule has 1 aliphatic carbocycles. The number of carbonyl (C=O) groups excluding carboxylic acids is 1. The minimum Gasteiger partial charge on any atom is -0.340 e. The smallest absolute Gasteiger partial charge is 0.242 e. The van der Waals surface area contributed by atoms with Gasteiger partial charge in [0, 0.05) is 18.1 Å². The largest absolute Gasteiger partial charge is 0.340 e. The molecule has 3 nitrogen and oxygen atoms in total. The fourth-order valence-corrected chi connectivity index (χ4v) is 2.58. The summed E-state index contributed by atoms with van der Waals surface area (Å²) in [5.74, 6) is 0.0590. The number of hydrogen-bond acceptors (Lipinski definition) is 2. The third-order valence-electron chi connectivity index (χ3n) is 3.33. The molecule has 1 aromatic carbocycles. The second-order valence-corrected chi connectivity index (χ2v) is 5.72. The van der Waals surface area contributed by atoms with Gasteiger partial charge in [0.05, 0.1) is 5.54 Å². The lowest BCUT2D eigenvalue weighted by Crippen LogP contribution is -2.58. The maximum atomic E-state index is 12.1. The standard InChI is InChI=1S/C13H17BrN2O.ClH/c1-16(12(17)13(15)6-3-7-13)9-10-4-2-5-11(14)8-10;/h2,4-5,8H,3,6-7,9,15H2,1H3;1H. The van der Waals surface area contributed by atoms with Crippen LogP contribution >= 0.6 is 28.3 Å². The average Bonchev–Trinajstić information content (AvgIpc) is 2.25. The van der Waals surface area contributed by atoms with Gasteiger partial charge in [-0.1, -0.05) is 28.1 Å². The van der Waals surface area contributed by atoms with Crippen LogP contribution in [0.15, 0.2) is 28.7 Å². The van der Waals surface area contributed by atoms with Gasteiger partial charge in [-0.3, -0.25) is 4.79 Å². The summed E-state index contributed by atoms with van der Waals surface area (Å²) >= 11 is 3.43. The maximum Gasteiger partial charge on any atom is 0.242 e. The van der Waals surface area contributed by atoms with E-state index in [-0.39, 0.29) is 18.3 Å². The number of carbonyl (C=O) groups is 1. The molecular weight excluding hydrogens is 316 g/mol. The molecule has 1 fully saturated rings. The van der Waals surface area contributed by atoms with E-state index < -0.39 is 5.54 Å². The van der Waals surface area contributed by atoms with E-state index in [9.17, 15) is 4.79 Å². The van der Waals surface area contributed by atoms with Gasteiger partial charge in [-0.15, -0.1) is 12.4 Å². The zero-order valence-electron chi connectivity index (χ0n) is 10.4. The minimum absolute atomic E-state index is 0. The highest BCUT2D eigenvalue weighted by atomic mass is 79.9. The molecule has 1 aliphatic rings. The van der Waals surface area contributed by atoms with Crippen LogP contribution in [-0.4, -0.2) is 23.4 Å². The molecular formula is C13H18BrClN2O. The van der Waals surface area contributed by atoms with E-state index in [1.807, 2.05) is 31.3 Å². The van der Waals surface area contributed by atoms with Crippen molar-refractivity contribution in [2.24, 2.45) is 5.73 Å². The van der Waals surface area contributed by atoms with E-state index in [0.29, 0.717) is 6.54 Å². The highest BCUT2D eigenvalue weighted by Crippen LogP contribution is 2.31. The predicted molar refractivity (Wildman–Crippen MR) is 78.6 cm³/mol. The molecule has 0 radical (unpaired) electrons. The van der Waals surface area contributed by atoms with Gasteiger partial charge >= 0.3 is 0 Å². The van der Waals surface area contributed by atoms with Crippen molar-refractivity contribution in [1.29, 1.82) is 0 Å². The highest BCUT2D eigenvalue weighted by Gasteiger charge is 2.41. The van der Waals surface area contributed by atoms with Gasteiger partial charge in [-0.2, -0.15) is 0 Å². The van der Waals surface area contributed by atoms with Crippen LogP contribution in [0.1, 0.15) is 24.8 Å². The molecule has 0 aliphatic heterocycles. The van der Waals surface area contributed by atoms with Gasteiger partial charge in [0.2, 0.25) is 5.91 Å². The first-order chi connectivity index (χ1) is 8.01. The van der Waals surface area contributed by atoms with Crippen molar-refractivity contribution in [2.75, 3.05) is 7.05 Å². The lowest BCUT2D eigenvalue weighted by molar-refractivity contribution is -0.139. The van der Waals surface area contributed by atoms with Crippen LogP contribution in [-0.2, 0) is 11.3 Å². The topological polar surface area (TPSA) is 46.3 Å². The van der Waals surface area contributed by atoms with Gasteiger partial charge in [-0.05, 0) is 37.0 Å². The van der Waals surface area contributed by atoms with Gasteiger partial charge in [0.15, 0.2) is 0 Å². The first kappa shape index (κ1) is 15.5. The number of nitrogens with zero attached hydrogens (tertiary/aromatic N) is 1. The molecule has 0 saturated heterocycles. The maximum absolute atomic E-state index is 12.1. The van der Waals surface area contributed by atoms with Crippen molar-refractivity contribution >= 4 is 34.2 Å². The Morgan fingerprint density at radius 3 is 2.67 bits per heavy atom. The summed E-state index contributed by atoms with van der Waals surface area (Å²) in [5, 5.41) is 0. The van der Waals surface area contributed by atoms with Crippen LogP contribution in [0.4, 0.5) is 0 Å². The van der Waals surface area contributed by atoms with Crippen LogP contribution in [0.25, 0.3) is 0 Å².